The van der Waals surface area contributed by atoms with Gasteiger partial charge in [-0.1, -0.05) is 19.1 Å². The second-order valence-electron chi connectivity index (χ2n) is 5.09. The van der Waals surface area contributed by atoms with E-state index in [-0.39, 0.29) is 0 Å². The number of rotatable bonds is 8. The quantitative estimate of drug-likeness (QED) is 0.672. The summed E-state index contributed by atoms with van der Waals surface area (Å²) in [7, 11) is 0. The third-order valence-corrected chi connectivity index (χ3v) is 3.03. The van der Waals surface area contributed by atoms with Gasteiger partial charge in [0.2, 0.25) is 0 Å². The predicted octanol–water partition coefficient (Wildman–Crippen LogP) is 2.63. The van der Waals surface area contributed by atoms with Gasteiger partial charge in [0.15, 0.2) is 0 Å². The van der Waals surface area contributed by atoms with E-state index < -0.39 is 0 Å². The Balaban J connectivity index is 2.68. The average Bonchev–Trinajstić information content (AvgIpc) is 2.75. The first-order valence-electron chi connectivity index (χ1n) is 6.84. The summed E-state index contributed by atoms with van der Waals surface area (Å²) in [5.74, 6) is 0.622. The topological polar surface area (TPSA) is 78.3 Å². The van der Waals surface area contributed by atoms with E-state index in [9.17, 15) is 0 Å². The number of nitrogens with zero attached hydrogens (tertiary/aromatic N) is 5. The highest BCUT2D eigenvalue weighted by Crippen LogP contribution is 2.14. The van der Waals surface area contributed by atoms with Crippen LogP contribution >= 0.6 is 0 Å². The van der Waals surface area contributed by atoms with Gasteiger partial charge in [-0.15, -0.1) is 5.10 Å². The minimum absolute atomic E-state index is 0.325. The molecule has 0 amide bonds. The number of aryl methyl sites for hydroxylation is 1. The van der Waals surface area contributed by atoms with Crippen molar-refractivity contribution >= 4 is 0 Å². The molecule has 19 heavy (non-hydrogen) atoms. The molecule has 1 rings (SSSR count). The van der Waals surface area contributed by atoms with Gasteiger partial charge in [-0.2, -0.15) is 10.5 Å². The first kappa shape index (κ1) is 15.2. The Labute approximate surface area is 114 Å². The van der Waals surface area contributed by atoms with Gasteiger partial charge in [0.05, 0.1) is 29.9 Å². The number of hydrogen-bond acceptors (Lipinski definition) is 4. The maximum Gasteiger partial charge on any atom is 0.0999 e. The van der Waals surface area contributed by atoms with E-state index in [1.165, 1.54) is 0 Å². The summed E-state index contributed by atoms with van der Waals surface area (Å²) in [6.07, 6.45) is 4.71. The van der Waals surface area contributed by atoms with Crippen molar-refractivity contribution in [2.24, 2.45) is 5.92 Å². The van der Waals surface area contributed by atoms with Gasteiger partial charge in [0.25, 0.3) is 0 Å². The fourth-order valence-electron chi connectivity index (χ4n) is 1.92. The SMILES string of the molecule is CC(C)CCc1c(CC#N)nnn1CCCCC#N. The second-order valence-corrected chi connectivity index (χ2v) is 5.09. The summed E-state index contributed by atoms with van der Waals surface area (Å²) in [5.41, 5.74) is 1.90. The Morgan fingerprint density at radius 1 is 1.21 bits per heavy atom. The van der Waals surface area contributed by atoms with E-state index in [0.717, 1.165) is 43.6 Å². The monoisotopic (exact) mass is 259 g/mol. The van der Waals surface area contributed by atoms with Crippen molar-refractivity contribution in [1.29, 1.82) is 10.5 Å². The molecule has 0 bridgehead atoms. The summed E-state index contributed by atoms with van der Waals surface area (Å²) in [6.45, 7) is 5.16. The van der Waals surface area contributed by atoms with E-state index in [2.05, 4.69) is 36.3 Å². The number of aromatic nitrogens is 3. The van der Waals surface area contributed by atoms with Gasteiger partial charge >= 0.3 is 0 Å². The van der Waals surface area contributed by atoms with E-state index >= 15 is 0 Å². The fourth-order valence-corrected chi connectivity index (χ4v) is 1.92. The molecule has 0 aromatic carbocycles. The zero-order valence-corrected chi connectivity index (χ0v) is 11.8. The Hall–Kier alpha value is -1.88. The lowest BCUT2D eigenvalue weighted by atomic mass is 10.0. The maximum atomic E-state index is 8.81. The standard InChI is InChI=1S/C14H21N5/c1-12(2)6-7-14-13(8-10-16)17-18-19(14)11-5-3-4-9-15/h12H,3-8,11H2,1-2H3. The molecule has 0 aliphatic carbocycles. The van der Waals surface area contributed by atoms with Crippen molar-refractivity contribution in [1.82, 2.24) is 15.0 Å². The van der Waals surface area contributed by atoms with Gasteiger partial charge in [-0.3, -0.25) is 0 Å². The Morgan fingerprint density at radius 2 is 2.00 bits per heavy atom. The summed E-state index contributed by atoms with van der Waals surface area (Å²) < 4.78 is 1.91. The zero-order valence-electron chi connectivity index (χ0n) is 11.8. The van der Waals surface area contributed by atoms with Crippen molar-refractivity contribution in [2.45, 2.75) is 58.9 Å². The minimum Gasteiger partial charge on any atom is -0.249 e. The van der Waals surface area contributed by atoms with Crippen molar-refractivity contribution in [2.75, 3.05) is 0 Å². The molecule has 0 aliphatic heterocycles. The molecule has 1 aromatic rings. The van der Waals surface area contributed by atoms with Crippen molar-refractivity contribution in [3.05, 3.63) is 11.4 Å². The third-order valence-electron chi connectivity index (χ3n) is 3.03. The summed E-state index contributed by atoms with van der Waals surface area (Å²) in [6, 6.07) is 4.29. The molecule has 0 radical (unpaired) electrons. The van der Waals surface area contributed by atoms with Crippen LogP contribution in [0.25, 0.3) is 0 Å². The van der Waals surface area contributed by atoms with E-state index in [4.69, 9.17) is 10.5 Å². The fraction of sp³-hybridized carbons (Fsp3) is 0.714. The minimum atomic E-state index is 0.325. The van der Waals surface area contributed by atoms with Crippen LogP contribution in [0.5, 0.6) is 0 Å². The second kappa shape index (κ2) is 8.26. The van der Waals surface area contributed by atoms with Crippen LogP contribution in [0.15, 0.2) is 0 Å². The molecule has 0 spiro atoms. The number of unbranched alkanes of at least 4 members (excludes halogenated alkanes) is 2. The van der Waals surface area contributed by atoms with Crippen LogP contribution in [-0.4, -0.2) is 15.0 Å². The van der Waals surface area contributed by atoms with Gasteiger partial charge < -0.3 is 0 Å². The Bertz CT molecular complexity index is 461. The van der Waals surface area contributed by atoms with Crippen molar-refractivity contribution < 1.29 is 0 Å². The van der Waals surface area contributed by atoms with Crippen LogP contribution in [0, 0.1) is 28.6 Å². The van der Waals surface area contributed by atoms with E-state index in [0.29, 0.717) is 18.8 Å². The molecule has 1 heterocycles. The Morgan fingerprint density at radius 3 is 2.63 bits per heavy atom. The highest BCUT2D eigenvalue weighted by molar-refractivity contribution is 5.14. The molecule has 0 unspecified atom stereocenters. The van der Waals surface area contributed by atoms with E-state index in [1.54, 1.807) is 0 Å². The maximum absolute atomic E-state index is 8.81. The van der Waals surface area contributed by atoms with E-state index in [1.807, 2.05) is 4.68 Å². The molecule has 5 nitrogen and oxygen atoms in total. The molecular weight excluding hydrogens is 238 g/mol. The molecule has 0 atom stereocenters. The average molecular weight is 259 g/mol. The van der Waals surface area contributed by atoms with Crippen LogP contribution < -0.4 is 0 Å². The third kappa shape index (κ3) is 5.09. The molecule has 5 heteroatoms. The van der Waals surface area contributed by atoms with Gasteiger partial charge in [0, 0.05) is 13.0 Å². The molecule has 1 aromatic heterocycles. The van der Waals surface area contributed by atoms with Gasteiger partial charge in [0.1, 0.15) is 0 Å². The van der Waals surface area contributed by atoms with Crippen LogP contribution in [0.3, 0.4) is 0 Å². The molecule has 0 N–H and O–H groups in total. The van der Waals surface area contributed by atoms with Crippen LogP contribution in [0.4, 0.5) is 0 Å². The molecular formula is C14H21N5. The molecule has 0 aliphatic rings. The Kier molecular flexibility index (Phi) is 6.60. The summed E-state index contributed by atoms with van der Waals surface area (Å²) in [5, 5.41) is 25.6. The lowest BCUT2D eigenvalue weighted by Gasteiger charge is -2.08. The smallest absolute Gasteiger partial charge is 0.0999 e. The lowest BCUT2D eigenvalue weighted by molar-refractivity contribution is 0.505. The summed E-state index contributed by atoms with van der Waals surface area (Å²) >= 11 is 0. The largest absolute Gasteiger partial charge is 0.249 e. The van der Waals surface area contributed by atoms with Crippen molar-refractivity contribution in [3.63, 3.8) is 0 Å². The number of nitriles is 2. The summed E-state index contributed by atoms with van der Waals surface area (Å²) in [4.78, 5) is 0. The number of hydrogen-bond donors (Lipinski definition) is 0. The molecule has 0 saturated carbocycles. The highest BCUT2D eigenvalue weighted by atomic mass is 15.4. The van der Waals surface area contributed by atoms with Crippen molar-refractivity contribution in [3.8, 4) is 12.1 Å². The van der Waals surface area contributed by atoms with Gasteiger partial charge in [-0.25, -0.2) is 4.68 Å². The van der Waals surface area contributed by atoms with Gasteiger partial charge in [-0.05, 0) is 31.6 Å². The molecule has 0 fully saturated rings. The highest BCUT2D eigenvalue weighted by Gasteiger charge is 2.12. The van der Waals surface area contributed by atoms with Crippen LogP contribution in [-0.2, 0) is 19.4 Å². The van der Waals surface area contributed by atoms with Crippen LogP contribution in [0.1, 0.15) is 50.9 Å². The molecule has 0 saturated heterocycles. The first-order chi connectivity index (χ1) is 9.19. The zero-order chi connectivity index (χ0) is 14.1. The predicted molar refractivity (Wildman–Crippen MR) is 72.0 cm³/mol. The molecule has 102 valence electrons. The van der Waals surface area contributed by atoms with Crippen LogP contribution in [0.2, 0.25) is 0 Å². The first-order valence-corrected chi connectivity index (χ1v) is 6.84. The lowest BCUT2D eigenvalue weighted by Crippen LogP contribution is -2.08. The normalized spacial score (nSPS) is 10.4.